The highest BCUT2D eigenvalue weighted by molar-refractivity contribution is 6.02. The fraction of sp³-hybridized carbons (Fsp3) is 0.286. The fourth-order valence-corrected chi connectivity index (χ4v) is 3.09. The Morgan fingerprint density at radius 2 is 1.93 bits per heavy atom. The second-order valence-corrected chi connectivity index (χ2v) is 7.32. The van der Waals surface area contributed by atoms with Gasteiger partial charge in [-0.1, -0.05) is 24.3 Å². The molecule has 2 aromatic carbocycles. The van der Waals surface area contributed by atoms with E-state index in [-0.39, 0.29) is 0 Å². The second-order valence-electron chi connectivity index (χ2n) is 7.32. The Morgan fingerprint density at radius 1 is 1.19 bits per heavy atom. The third-order valence-corrected chi connectivity index (χ3v) is 4.18. The predicted octanol–water partition coefficient (Wildman–Crippen LogP) is 4.06. The molecule has 1 heterocycles. The van der Waals surface area contributed by atoms with Gasteiger partial charge in [0.25, 0.3) is 0 Å². The van der Waals surface area contributed by atoms with Gasteiger partial charge in [-0.15, -0.1) is 0 Å². The minimum atomic E-state index is -0.583. The molecule has 6 nitrogen and oxygen atoms in total. The van der Waals surface area contributed by atoms with Gasteiger partial charge in [0.2, 0.25) is 0 Å². The van der Waals surface area contributed by atoms with Gasteiger partial charge in [-0.2, -0.15) is 0 Å². The zero-order chi connectivity index (χ0) is 19.6. The summed E-state index contributed by atoms with van der Waals surface area (Å²) in [5.74, 6) is 6.32. The summed E-state index contributed by atoms with van der Waals surface area (Å²) >= 11 is 0. The van der Waals surface area contributed by atoms with Crippen LogP contribution < -0.4 is 16.0 Å². The van der Waals surface area contributed by atoms with Crippen molar-refractivity contribution in [3.8, 4) is 16.9 Å². The quantitative estimate of drug-likeness (QED) is 0.537. The summed E-state index contributed by atoms with van der Waals surface area (Å²) in [7, 11) is 1.63. The average Bonchev–Trinajstić information content (AvgIpc) is 3.01. The molecule has 3 aromatic rings. The number of nitrogens with two attached hydrogens (primary N) is 1. The first-order chi connectivity index (χ1) is 12.8. The number of nitrogens with one attached hydrogen (secondary N) is 1. The van der Waals surface area contributed by atoms with E-state index in [1.807, 2.05) is 69.4 Å². The number of methoxy groups -OCH3 is 1. The number of carbonyl (C=O) groups excluding carboxylic acids is 1. The number of hydrogen-bond acceptors (Lipinski definition) is 5. The van der Waals surface area contributed by atoms with Crippen LogP contribution in [-0.4, -0.2) is 23.4 Å². The molecule has 0 bridgehead atoms. The monoisotopic (exact) mass is 367 g/mol. The lowest BCUT2D eigenvalue weighted by atomic mass is 10.0. The van der Waals surface area contributed by atoms with Gasteiger partial charge in [-0.05, 0) is 50.1 Å². The van der Waals surface area contributed by atoms with Crippen LogP contribution in [0.25, 0.3) is 22.0 Å². The highest BCUT2D eigenvalue weighted by Gasteiger charge is 2.22. The SMILES string of the molecule is COc1cccc(-c2cn(C(=O)OC(C)(C)C)c3cccc(CNN)c23)c1. The smallest absolute Gasteiger partial charge is 0.419 e. The van der Waals surface area contributed by atoms with Crippen molar-refractivity contribution < 1.29 is 14.3 Å². The molecule has 0 saturated heterocycles. The molecule has 0 aliphatic rings. The number of rotatable bonds is 4. The number of fused-ring (bicyclic) bond motifs is 1. The summed E-state index contributed by atoms with van der Waals surface area (Å²) < 4.78 is 12.5. The molecule has 0 aliphatic carbocycles. The first-order valence-electron chi connectivity index (χ1n) is 8.78. The number of hydrogen-bond donors (Lipinski definition) is 2. The van der Waals surface area contributed by atoms with Crippen LogP contribution in [0.1, 0.15) is 26.3 Å². The van der Waals surface area contributed by atoms with Gasteiger partial charge in [0, 0.05) is 23.7 Å². The van der Waals surface area contributed by atoms with Crippen molar-refractivity contribution in [2.24, 2.45) is 5.84 Å². The van der Waals surface area contributed by atoms with Gasteiger partial charge in [-0.3, -0.25) is 15.8 Å². The Bertz CT molecular complexity index is 970. The molecule has 27 heavy (non-hydrogen) atoms. The van der Waals surface area contributed by atoms with Crippen molar-refractivity contribution in [3.05, 3.63) is 54.2 Å². The summed E-state index contributed by atoms with van der Waals surface area (Å²) in [5, 5.41) is 0.953. The van der Waals surface area contributed by atoms with Gasteiger partial charge in [-0.25, -0.2) is 4.79 Å². The molecule has 3 N–H and O–H groups in total. The van der Waals surface area contributed by atoms with E-state index < -0.39 is 11.7 Å². The average molecular weight is 367 g/mol. The molecule has 142 valence electrons. The van der Waals surface area contributed by atoms with Gasteiger partial charge in [0.15, 0.2) is 0 Å². The maximum Gasteiger partial charge on any atom is 0.419 e. The molecular formula is C21H25N3O3. The minimum absolute atomic E-state index is 0.417. The molecule has 0 fully saturated rings. The van der Waals surface area contributed by atoms with Crippen molar-refractivity contribution in [2.45, 2.75) is 32.9 Å². The lowest BCUT2D eigenvalue weighted by Crippen LogP contribution is -2.26. The summed E-state index contributed by atoms with van der Waals surface area (Å²) in [6.45, 7) is 6.03. The predicted molar refractivity (Wildman–Crippen MR) is 107 cm³/mol. The number of nitrogens with zero attached hydrogens (tertiary/aromatic N) is 1. The van der Waals surface area contributed by atoms with Crippen LogP contribution >= 0.6 is 0 Å². The van der Waals surface area contributed by atoms with E-state index in [2.05, 4.69) is 5.43 Å². The van der Waals surface area contributed by atoms with E-state index in [4.69, 9.17) is 15.3 Å². The van der Waals surface area contributed by atoms with Crippen molar-refractivity contribution in [1.82, 2.24) is 9.99 Å². The Hall–Kier alpha value is -2.83. The summed E-state index contributed by atoms with van der Waals surface area (Å²) in [6, 6.07) is 13.6. The Balaban J connectivity index is 2.24. The number of benzene rings is 2. The van der Waals surface area contributed by atoms with Crippen LogP contribution in [0.15, 0.2) is 48.7 Å². The highest BCUT2D eigenvalue weighted by atomic mass is 16.6. The third-order valence-electron chi connectivity index (χ3n) is 4.18. The van der Waals surface area contributed by atoms with Gasteiger partial charge in [0.1, 0.15) is 11.4 Å². The number of ether oxygens (including phenoxy) is 2. The molecule has 0 atom stereocenters. The van der Waals surface area contributed by atoms with Gasteiger partial charge in [0.05, 0.1) is 12.6 Å². The minimum Gasteiger partial charge on any atom is -0.497 e. The zero-order valence-electron chi connectivity index (χ0n) is 16.1. The number of carbonyl (C=O) groups is 1. The fourth-order valence-electron chi connectivity index (χ4n) is 3.09. The van der Waals surface area contributed by atoms with Crippen molar-refractivity contribution in [2.75, 3.05) is 7.11 Å². The molecular weight excluding hydrogens is 342 g/mol. The van der Waals surface area contributed by atoms with Crippen molar-refractivity contribution in [3.63, 3.8) is 0 Å². The first kappa shape index (κ1) is 18.9. The standard InChI is InChI=1S/C21H25N3O3/c1-21(2,3)27-20(25)24-13-17(14-7-5-9-16(11-14)26-4)19-15(12-23-22)8-6-10-18(19)24/h5-11,13,23H,12,22H2,1-4H3. The maximum atomic E-state index is 12.8. The zero-order valence-corrected chi connectivity index (χ0v) is 16.1. The lowest BCUT2D eigenvalue weighted by Gasteiger charge is -2.19. The van der Waals surface area contributed by atoms with Crippen LogP contribution in [0, 0.1) is 0 Å². The molecule has 0 radical (unpaired) electrons. The molecule has 0 saturated carbocycles. The van der Waals surface area contributed by atoms with Gasteiger partial charge < -0.3 is 9.47 Å². The maximum absolute atomic E-state index is 12.8. The Kier molecular flexibility index (Phi) is 5.21. The molecule has 0 amide bonds. The molecule has 6 heteroatoms. The Labute approximate surface area is 158 Å². The van der Waals surface area contributed by atoms with E-state index in [0.29, 0.717) is 6.54 Å². The summed E-state index contributed by atoms with van der Waals surface area (Å²) in [4.78, 5) is 12.8. The number of aromatic nitrogens is 1. The van der Waals surface area contributed by atoms with Crippen LogP contribution in [0.5, 0.6) is 5.75 Å². The van der Waals surface area contributed by atoms with Crippen molar-refractivity contribution >= 4 is 17.0 Å². The summed E-state index contributed by atoms with van der Waals surface area (Å²) in [6.07, 6.45) is 1.40. The van der Waals surface area contributed by atoms with Crippen LogP contribution in [-0.2, 0) is 11.3 Å². The second kappa shape index (κ2) is 7.42. The van der Waals surface area contributed by atoms with E-state index >= 15 is 0 Å². The summed E-state index contributed by atoms with van der Waals surface area (Å²) in [5.41, 5.74) is 5.76. The van der Waals surface area contributed by atoms with E-state index in [0.717, 1.165) is 33.3 Å². The van der Waals surface area contributed by atoms with E-state index in [1.165, 1.54) is 0 Å². The molecule has 3 rings (SSSR count). The normalized spacial score (nSPS) is 11.6. The molecule has 0 aliphatic heterocycles. The largest absolute Gasteiger partial charge is 0.497 e. The molecule has 0 unspecified atom stereocenters. The highest BCUT2D eigenvalue weighted by Crippen LogP contribution is 2.35. The Morgan fingerprint density at radius 3 is 2.59 bits per heavy atom. The molecule has 1 aromatic heterocycles. The topological polar surface area (TPSA) is 78.5 Å². The first-order valence-corrected chi connectivity index (χ1v) is 8.78. The van der Waals surface area contributed by atoms with Gasteiger partial charge >= 0.3 is 6.09 Å². The lowest BCUT2D eigenvalue weighted by molar-refractivity contribution is 0.0544. The van der Waals surface area contributed by atoms with E-state index in [9.17, 15) is 4.79 Å². The third kappa shape index (κ3) is 3.97. The van der Waals surface area contributed by atoms with E-state index in [1.54, 1.807) is 11.7 Å². The van der Waals surface area contributed by atoms with Crippen molar-refractivity contribution in [1.29, 1.82) is 0 Å². The number of hydrazine groups is 1. The molecule has 0 spiro atoms. The van der Waals surface area contributed by atoms with Crippen LogP contribution in [0.3, 0.4) is 0 Å². The van der Waals surface area contributed by atoms with Crippen LogP contribution in [0.2, 0.25) is 0 Å². The van der Waals surface area contributed by atoms with Crippen LogP contribution in [0.4, 0.5) is 4.79 Å².